The molecule has 1 atom stereocenters. The molecule has 144 valence electrons. The number of hydrogen-bond acceptors (Lipinski definition) is 4. The molecule has 1 unspecified atom stereocenters. The summed E-state index contributed by atoms with van der Waals surface area (Å²) in [6, 6.07) is 14.3. The number of carbonyl (C=O) groups excluding carboxylic acids is 1. The summed E-state index contributed by atoms with van der Waals surface area (Å²) in [5.41, 5.74) is 5.49. The Hall–Kier alpha value is -2.95. The fraction of sp³-hybridized carbons (Fsp3) is 0.348. The van der Waals surface area contributed by atoms with Gasteiger partial charge in [-0.3, -0.25) is 4.79 Å². The molecule has 5 heteroatoms. The summed E-state index contributed by atoms with van der Waals surface area (Å²) in [4.78, 5) is 19.1. The topological polar surface area (TPSA) is 59.2 Å². The average Bonchev–Trinajstić information content (AvgIpc) is 3.31. The zero-order chi connectivity index (χ0) is 19.8. The number of anilines is 1. The summed E-state index contributed by atoms with van der Waals surface area (Å²) < 4.78 is 5.49. The summed E-state index contributed by atoms with van der Waals surface area (Å²) in [6.07, 6.45) is 0.401. The monoisotopic (exact) mass is 375 g/mol. The second-order valence-corrected chi connectivity index (χ2v) is 7.91. The van der Waals surface area contributed by atoms with Crippen LogP contribution in [0.2, 0.25) is 0 Å². The summed E-state index contributed by atoms with van der Waals surface area (Å²) >= 11 is 0. The lowest BCUT2D eigenvalue weighted by Gasteiger charge is -2.18. The van der Waals surface area contributed by atoms with Gasteiger partial charge in [0.25, 0.3) is 5.89 Å². The van der Waals surface area contributed by atoms with Gasteiger partial charge in [-0.1, -0.05) is 37.2 Å². The average molecular weight is 375 g/mol. The molecule has 1 fully saturated rings. The molecular weight excluding hydrogens is 350 g/mol. The lowest BCUT2D eigenvalue weighted by atomic mass is 10.0. The molecule has 0 N–H and O–H groups in total. The highest BCUT2D eigenvalue weighted by Gasteiger charge is 2.34. The smallest absolute Gasteiger partial charge is 0.257 e. The summed E-state index contributed by atoms with van der Waals surface area (Å²) in [5.74, 6) is 1.57. The fourth-order valence-electron chi connectivity index (χ4n) is 3.57. The molecule has 5 nitrogen and oxygen atoms in total. The Morgan fingerprint density at radius 3 is 2.68 bits per heavy atom. The van der Waals surface area contributed by atoms with E-state index in [4.69, 9.17) is 4.52 Å². The normalized spacial score (nSPS) is 17.0. The van der Waals surface area contributed by atoms with Crippen LogP contribution in [0, 0.1) is 13.8 Å². The summed E-state index contributed by atoms with van der Waals surface area (Å²) in [6.45, 7) is 9.02. The van der Waals surface area contributed by atoms with Crippen molar-refractivity contribution in [2.75, 3.05) is 11.4 Å². The number of benzene rings is 2. The number of carbonyl (C=O) groups is 1. The Labute approximate surface area is 165 Å². The zero-order valence-electron chi connectivity index (χ0n) is 16.8. The van der Waals surface area contributed by atoms with Crippen LogP contribution in [0.5, 0.6) is 0 Å². The van der Waals surface area contributed by atoms with Gasteiger partial charge in [0.05, 0.1) is 0 Å². The summed E-state index contributed by atoms with van der Waals surface area (Å²) in [5, 5.41) is 4.17. The Kier molecular flexibility index (Phi) is 4.75. The molecule has 0 aliphatic carbocycles. The minimum Gasteiger partial charge on any atom is -0.334 e. The third-order valence-electron chi connectivity index (χ3n) is 5.53. The Morgan fingerprint density at radius 1 is 1.11 bits per heavy atom. The van der Waals surface area contributed by atoms with Crippen molar-refractivity contribution in [3.05, 3.63) is 65.0 Å². The van der Waals surface area contributed by atoms with Crippen molar-refractivity contribution in [2.45, 2.75) is 46.0 Å². The van der Waals surface area contributed by atoms with Gasteiger partial charge in [0.2, 0.25) is 5.91 Å². The highest BCUT2D eigenvalue weighted by molar-refractivity contribution is 5.96. The third-order valence-corrected chi connectivity index (χ3v) is 5.53. The second-order valence-electron chi connectivity index (χ2n) is 7.91. The SMILES string of the molecule is Cc1ccc(-c2nc(C3CC(=O)N(c4cccc(C(C)C)c4)C3)no2)cc1C. The van der Waals surface area contributed by atoms with E-state index in [2.05, 4.69) is 62.1 Å². The molecule has 28 heavy (non-hydrogen) atoms. The largest absolute Gasteiger partial charge is 0.334 e. The second kappa shape index (κ2) is 7.23. The lowest BCUT2D eigenvalue weighted by Crippen LogP contribution is -2.24. The predicted octanol–water partition coefficient (Wildman–Crippen LogP) is 5.00. The van der Waals surface area contributed by atoms with Gasteiger partial charge >= 0.3 is 0 Å². The van der Waals surface area contributed by atoms with Crippen molar-refractivity contribution in [3.63, 3.8) is 0 Å². The van der Waals surface area contributed by atoms with Gasteiger partial charge < -0.3 is 9.42 Å². The first-order valence-electron chi connectivity index (χ1n) is 9.74. The maximum Gasteiger partial charge on any atom is 0.257 e. The highest BCUT2D eigenvalue weighted by atomic mass is 16.5. The third kappa shape index (κ3) is 3.44. The van der Waals surface area contributed by atoms with E-state index in [1.54, 1.807) is 0 Å². The van der Waals surface area contributed by atoms with Crippen LogP contribution in [0.4, 0.5) is 5.69 Å². The van der Waals surface area contributed by atoms with Crippen LogP contribution in [-0.2, 0) is 4.79 Å². The van der Waals surface area contributed by atoms with E-state index in [0.717, 1.165) is 11.3 Å². The Morgan fingerprint density at radius 2 is 1.93 bits per heavy atom. The molecule has 2 aromatic carbocycles. The molecule has 0 spiro atoms. The Balaban J connectivity index is 1.55. The van der Waals surface area contributed by atoms with Gasteiger partial charge in [-0.05, 0) is 60.7 Å². The number of aryl methyl sites for hydroxylation is 2. The van der Waals surface area contributed by atoms with Crippen LogP contribution < -0.4 is 4.90 Å². The highest BCUT2D eigenvalue weighted by Crippen LogP contribution is 2.33. The lowest BCUT2D eigenvalue weighted by molar-refractivity contribution is -0.117. The number of hydrogen-bond donors (Lipinski definition) is 0. The molecular formula is C23H25N3O2. The van der Waals surface area contributed by atoms with Gasteiger partial charge in [0.1, 0.15) is 0 Å². The molecule has 0 bridgehead atoms. The van der Waals surface area contributed by atoms with Crippen LogP contribution in [-0.4, -0.2) is 22.6 Å². The fourth-order valence-corrected chi connectivity index (χ4v) is 3.57. The van der Waals surface area contributed by atoms with E-state index in [1.165, 1.54) is 16.7 Å². The van der Waals surface area contributed by atoms with Gasteiger partial charge in [0.15, 0.2) is 5.82 Å². The number of amides is 1. The number of aromatic nitrogens is 2. The van der Waals surface area contributed by atoms with Crippen molar-refractivity contribution >= 4 is 11.6 Å². The van der Waals surface area contributed by atoms with Crippen molar-refractivity contribution in [2.24, 2.45) is 0 Å². The molecule has 1 aliphatic rings. The van der Waals surface area contributed by atoms with E-state index in [1.807, 2.05) is 23.1 Å². The molecule has 2 heterocycles. The number of nitrogens with zero attached hydrogens (tertiary/aromatic N) is 3. The minimum atomic E-state index is -0.0562. The van der Waals surface area contributed by atoms with Crippen molar-refractivity contribution < 1.29 is 9.32 Å². The zero-order valence-corrected chi connectivity index (χ0v) is 16.8. The first-order valence-corrected chi connectivity index (χ1v) is 9.74. The quantitative estimate of drug-likeness (QED) is 0.644. The van der Waals surface area contributed by atoms with Crippen molar-refractivity contribution in [1.29, 1.82) is 0 Å². The minimum absolute atomic E-state index is 0.0562. The van der Waals surface area contributed by atoms with E-state index in [-0.39, 0.29) is 11.8 Å². The van der Waals surface area contributed by atoms with Crippen LogP contribution in [0.25, 0.3) is 11.5 Å². The van der Waals surface area contributed by atoms with Crippen molar-refractivity contribution in [3.8, 4) is 11.5 Å². The van der Waals surface area contributed by atoms with E-state index in [0.29, 0.717) is 30.6 Å². The van der Waals surface area contributed by atoms with Crippen LogP contribution in [0.15, 0.2) is 47.0 Å². The molecule has 1 saturated heterocycles. The van der Waals surface area contributed by atoms with Gasteiger partial charge in [0, 0.05) is 30.1 Å². The molecule has 1 amide bonds. The molecule has 4 rings (SSSR count). The predicted molar refractivity (Wildman–Crippen MR) is 109 cm³/mol. The van der Waals surface area contributed by atoms with E-state index >= 15 is 0 Å². The van der Waals surface area contributed by atoms with Crippen LogP contribution in [0.3, 0.4) is 0 Å². The molecule has 0 saturated carbocycles. The molecule has 1 aromatic heterocycles. The van der Waals surface area contributed by atoms with E-state index < -0.39 is 0 Å². The maximum atomic E-state index is 12.6. The number of rotatable bonds is 4. The molecule has 1 aliphatic heterocycles. The van der Waals surface area contributed by atoms with Crippen molar-refractivity contribution in [1.82, 2.24) is 10.1 Å². The van der Waals surface area contributed by atoms with Gasteiger partial charge in [-0.25, -0.2) is 0 Å². The molecule has 3 aromatic rings. The van der Waals surface area contributed by atoms with Gasteiger partial charge in [-0.2, -0.15) is 4.98 Å². The molecule has 0 radical (unpaired) electrons. The summed E-state index contributed by atoms with van der Waals surface area (Å²) in [7, 11) is 0. The van der Waals surface area contributed by atoms with Gasteiger partial charge in [-0.15, -0.1) is 0 Å². The maximum absolute atomic E-state index is 12.6. The van der Waals surface area contributed by atoms with Crippen LogP contribution >= 0.6 is 0 Å². The Bertz CT molecular complexity index is 1020. The first-order chi connectivity index (χ1) is 13.4. The van der Waals surface area contributed by atoms with Crippen LogP contribution in [0.1, 0.15) is 54.6 Å². The first kappa shape index (κ1) is 18.4. The van der Waals surface area contributed by atoms with E-state index in [9.17, 15) is 4.79 Å². The standard InChI is InChI=1S/C23H25N3O2/c1-14(2)17-6-5-7-20(11-17)26-13-19(12-21(26)27)22-24-23(28-25-22)18-9-8-15(3)16(4)10-18/h5-11,14,19H,12-13H2,1-4H3.